The number of aromatic nitrogens is 3. The number of nitrogens with zero attached hydrogens (tertiary/aromatic N) is 4. The number of nitrogens with one attached hydrogen (secondary N) is 1. The summed E-state index contributed by atoms with van der Waals surface area (Å²) >= 11 is 1.36. The number of fused-ring (bicyclic) bond motifs is 1. The Balaban J connectivity index is 2.32. The molecular weight excluding hydrogens is 250 g/mol. The minimum atomic E-state index is -1.06. The van der Waals surface area contributed by atoms with Crippen LogP contribution in [-0.2, 0) is 11.8 Å². The van der Waals surface area contributed by atoms with Gasteiger partial charge in [0, 0.05) is 7.05 Å². The van der Waals surface area contributed by atoms with Gasteiger partial charge in [0.2, 0.25) is 5.91 Å². The molecule has 18 heavy (non-hydrogen) atoms. The Morgan fingerprint density at radius 2 is 2.22 bits per heavy atom. The van der Waals surface area contributed by atoms with Crippen molar-refractivity contribution in [3.8, 4) is 6.07 Å². The monoisotopic (exact) mass is 263 g/mol. The topological polar surface area (TPSA) is 83.6 Å². The van der Waals surface area contributed by atoms with Gasteiger partial charge >= 0.3 is 0 Å². The number of nitriles is 1. The van der Waals surface area contributed by atoms with E-state index in [0.29, 0.717) is 5.13 Å². The first-order valence-corrected chi connectivity index (χ1v) is 6.19. The normalized spacial score (nSPS) is 11.5. The van der Waals surface area contributed by atoms with Crippen LogP contribution in [0, 0.1) is 23.7 Å². The first-order chi connectivity index (χ1) is 8.35. The number of aryl methyl sites for hydroxylation is 2. The summed E-state index contributed by atoms with van der Waals surface area (Å²) < 4.78 is 2.62. The van der Waals surface area contributed by atoms with Crippen LogP contribution in [0.3, 0.4) is 0 Å². The number of anilines is 1. The van der Waals surface area contributed by atoms with E-state index in [-0.39, 0.29) is 5.91 Å². The molecule has 0 bridgehead atoms. The molecule has 2 aromatic rings. The standard InChI is InChI=1S/C11H13N5OS/c1-6-7-8(16(4)15-6)13-10(18-7)14-9(17)11(2,3)5-12/h1-4H3,(H,13,14,17). The fourth-order valence-corrected chi connectivity index (χ4v) is 2.37. The Morgan fingerprint density at radius 3 is 2.78 bits per heavy atom. The number of rotatable bonds is 2. The first-order valence-electron chi connectivity index (χ1n) is 5.38. The van der Waals surface area contributed by atoms with Crippen LogP contribution in [0.2, 0.25) is 0 Å². The molecule has 0 saturated heterocycles. The van der Waals surface area contributed by atoms with Crippen molar-refractivity contribution in [1.29, 1.82) is 5.26 Å². The molecule has 0 fully saturated rings. The Kier molecular flexibility index (Phi) is 2.83. The van der Waals surface area contributed by atoms with Gasteiger partial charge in [-0.1, -0.05) is 11.3 Å². The molecule has 0 aliphatic heterocycles. The SMILES string of the molecule is Cc1nn(C)c2nc(NC(=O)C(C)(C)C#N)sc12. The van der Waals surface area contributed by atoms with Crippen molar-refractivity contribution in [2.24, 2.45) is 12.5 Å². The highest BCUT2D eigenvalue weighted by molar-refractivity contribution is 7.22. The highest BCUT2D eigenvalue weighted by atomic mass is 32.1. The Hall–Kier alpha value is -1.94. The molecule has 0 aromatic carbocycles. The molecule has 7 heteroatoms. The Morgan fingerprint density at radius 1 is 1.56 bits per heavy atom. The molecule has 0 radical (unpaired) electrons. The maximum atomic E-state index is 11.8. The van der Waals surface area contributed by atoms with Gasteiger partial charge in [-0.3, -0.25) is 4.79 Å². The number of carbonyl (C=O) groups is 1. The third kappa shape index (κ3) is 1.95. The van der Waals surface area contributed by atoms with Crippen LogP contribution in [-0.4, -0.2) is 20.7 Å². The van der Waals surface area contributed by atoms with Crippen molar-refractivity contribution in [1.82, 2.24) is 14.8 Å². The zero-order chi connectivity index (χ0) is 13.5. The van der Waals surface area contributed by atoms with Gasteiger partial charge in [0.25, 0.3) is 0 Å². The molecule has 94 valence electrons. The van der Waals surface area contributed by atoms with Crippen LogP contribution in [0.5, 0.6) is 0 Å². The average Bonchev–Trinajstić information content (AvgIpc) is 2.82. The van der Waals surface area contributed by atoms with Crippen molar-refractivity contribution >= 4 is 32.7 Å². The number of amides is 1. The second-order valence-corrected chi connectivity index (χ2v) is 5.57. The van der Waals surface area contributed by atoms with E-state index < -0.39 is 5.41 Å². The quantitative estimate of drug-likeness (QED) is 0.895. The predicted molar refractivity (Wildman–Crippen MR) is 69.1 cm³/mol. The van der Waals surface area contributed by atoms with Crippen LogP contribution in [0.4, 0.5) is 5.13 Å². The largest absolute Gasteiger partial charge is 0.301 e. The van der Waals surface area contributed by atoms with Crippen molar-refractivity contribution in [2.45, 2.75) is 20.8 Å². The summed E-state index contributed by atoms with van der Waals surface area (Å²) in [6.45, 7) is 5.04. The summed E-state index contributed by atoms with van der Waals surface area (Å²) in [6, 6.07) is 1.96. The van der Waals surface area contributed by atoms with Gasteiger partial charge in [0.15, 0.2) is 10.8 Å². The first kappa shape index (κ1) is 12.5. The smallest absolute Gasteiger partial charge is 0.246 e. The second kappa shape index (κ2) is 4.07. The molecule has 0 atom stereocenters. The molecule has 0 aliphatic rings. The van der Waals surface area contributed by atoms with Gasteiger partial charge in [-0.05, 0) is 20.8 Å². The summed E-state index contributed by atoms with van der Waals surface area (Å²) in [5.41, 5.74) is 0.554. The predicted octanol–water partition coefficient (Wildman–Crippen LogP) is 1.83. The van der Waals surface area contributed by atoms with Crippen LogP contribution < -0.4 is 5.32 Å². The zero-order valence-corrected chi connectivity index (χ0v) is 11.4. The lowest BCUT2D eigenvalue weighted by Crippen LogP contribution is -2.29. The molecule has 0 spiro atoms. The second-order valence-electron chi connectivity index (χ2n) is 4.57. The van der Waals surface area contributed by atoms with E-state index >= 15 is 0 Å². The Bertz CT molecular complexity index is 626. The minimum absolute atomic E-state index is 0.352. The van der Waals surface area contributed by atoms with E-state index in [1.807, 2.05) is 13.0 Å². The van der Waals surface area contributed by atoms with E-state index in [2.05, 4.69) is 15.4 Å². The van der Waals surface area contributed by atoms with Crippen molar-refractivity contribution in [3.05, 3.63) is 5.69 Å². The third-order valence-corrected chi connectivity index (χ3v) is 3.68. The van der Waals surface area contributed by atoms with E-state index in [1.54, 1.807) is 25.6 Å². The molecule has 1 amide bonds. The summed E-state index contributed by atoms with van der Waals surface area (Å²) in [7, 11) is 1.81. The molecule has 2 aromatic heterocycles. The van der Waals surface area contributed by atoms with Crippen LogP contribution in [0.1, 0.15) is 19.5 Å². The lowest BCUT2D eigenvalue weighted by molar-refractivity contribution is -0.121. The molecule has 0 aliphatic carbocycles. The number of hydrogen-bond acceptors (Lipinski definition) is 5. The summed E-state index contributed by atoms with van der Waals surface area (Å²) in [6.07, 6.45) is 0. The maximum Gasteiger partial charge on any atom is 0.246 e. The van der Waals surface area contributed by atoms with Gasteiger partial charge < -0.3 is 5.32 Å². The van der Waals surface area contributed by atoms with Crippen molar-refractivity contribution in [2.75, 3.05) is 5.32 Å². The lowest BCUT2D eigenvalue weighted by atomic mass is 9.95. The minimum Gasteiger partial charge on any atom is -0.301 e. The van der Waals surface area contributed by atoms with Gasteiger partial charge in [-0.15, -0.1) is 0 Å². The summed E-state index contributed by atoms with van der Waals surface area (Å²) in [5.74, 6) is -0.352. The maximum absolute atomic E-state index is 11.8. The number of hydrogen-bond donors (Lipinski definition) is 1. The molecule has 1 N–H and O–H groups in total. The van der Waals surface area contributed by atoms with E-state index in [4.69, 9.17) is 5.26 Å². The van der Waals surface area contributed by atoms with E-state index in [9.17, 15) is 4.79 Å². The molecular formula is C11H13N5OS. The van der Waals surface area contributed by atoms with Crippen molar-refractivity contribution < 1.29 is 4.79 Å². The average molecular weight is 263 g/mol. The van der Waals surface area contributed by atoms with Crippen molar-refractivity contribution in [3.63, 3.8) is 0 Å². The molecule has 6 nitrogen and oxygen atoms in total. The van der Waals surface area contributed by atoms with Gasteiger partial charge in [0.05, 0.1) is 16.5 Å². The fraction of sp³-hybridized carbons (Fsp3) is 0.455. The fourth-order valence-electron chi connectivity index (χ4n) is 1.44. The summed E-state index contributed by atoms with van der Waals surface area (Å²) in [5, 5.41) is 16.3. The van der Waals surface area contributed by atoms with E-state index in [1.165, 1.54) is 11.3 Å². The van der Waals surface area contributed by atoms with Crippen LogP contribution >= 0.6 is 11.3 Å². The Labute approximate surface area is 108 Å². The molecule has 0 unspecified atom stereocenters. The highest BCUT2D eigenvalue weighted by Gasteiger charge is 2.28. The van der Waals surface area contributed by atoms with Gasteiger partial charge in [0.1, 0.15) is 5.41 Å². The van der Waals surface area contributed by atoms with Gasteiger partial charge in [-0.2, -0.15) is 10.4 Å². The lowest BCUT2D eigenvalue weighted by Gasteiger charge is -2.12. The summed E-state index contributed by atoms with van der Waals surface area (Å²) in [4.78, 5) is 16.1. The highest BCUT2D eigenvalue weighted by Crippen LogP contribution is 2.29. The van der Waals surface area contributed by atoms with E-state index in [0.717, 1.165) is 16.0 Å². The van der Waals surface area contributed by atoms with Crippen LogP contribution in [0.25, 0.3) is 10.3 Å². The van der Waals surface area contributed by atoms with Crippen LogP contribution in [0.15, 0.2) is 0 Å². The molecule has 2 heterocycles. The zero-order valence-electron chi connectivity index (χ0n) is 10.6. The molecule has 2 rings (SSSR count). The number of thiazole rings is 1. The molecule has 0 saturated carbocycles. The van der Waals surface area contributed by atoms with Gasteiger partial charge in [-0.25, -0.2) is 9.67 Å². The number of carbonyl (C=O) groups excluding carboxylic acids is 1. The third-order valence-electron chi connectivity index (χ3n) is 2.61.